The maximum Gasteiger partial charge on any atom is 0.341 e. The number of fused-ring (bicyclic) bond motifs is 2. The summed E-state index contributed by atoms with van der Waals surface area (Å²) in [4.78, 5) is 29.2. The smallest absolute Gasteiger partial charge is 0.341 e. The van der Waals surface area contributed by atoms with E-state index in [1.165, 1.54) is 6.39 Å². The highest BCUT2D eigenvalue weighted by atomic mass is 16.6. The van der Waals surface area contributed by atoms with Gasteiger partial charge in [0.2, 0.25) is 0 Å². The second kappa shape index (κ2) is 7.59. The fourth-order valence-corrected chi connectivity index (χ4v) is 2.91. The molecule has 1 aromatic heterocycles. The lowest BCUT2D eigenvalue weighted by Crippen LogP contribution is -2.32. The van der Waals surface area contributed by atoms with Gasteiger partial charge in [-0.3, -0.25) is 4.79 Å². The van der Waals surface area contributed by atoms with Crippen molar-refractivity contribution in [1.29, 1.82) is 0 Å². The Balaban J connectivity index is 1.47. The highest BCUT2D eigenvalue weighted by molar-refractivity contribution is 6.03. The zero-order valence-corrected chi connectivity index (χ0v) is 15.1. The molecule has 2 heterocycles. The molecule has 1 unspecified atom stereocenters. The summed E-state index contributed by atoms with van der Waals surface area (Å²) in [6.07, 6.45) is 0.618. The van der Waals surface area contributed by atoms with Gasteiger partial charge in [-0.05, 0) is 30.7 Å². The Morgan fingerprint density at radius 1 is 1.18 bits per heavy atom. The molecule has 28 heavy (non-hydrogen) atoms. The minimum absolute atomic E-state index is 0.247. The topological polar surface area (TPSA) is 99.9 Å². The quantitative estimate of drug-likeness (QED) is 0.677. The van der Waals surface area contributed by atoms with Crippen molar-refractivity contribution in [3.05, 3.63) is 48.4 Å². The largest absolute Gasteiger partial charge is 0.486 e. The van der Waals surface area contributed by atoms with Crippen molar-refractivity contribution in [2.24, 2.45) is 0 Å². The van der Waals surface area contributed by atoms with Crippen molar-refractivity contribution in [3.63, 3.8) is 0 Å². The Morgan fingerprint density at radius 2 is 2.00 bits per heavy atom. The van der Waals surface area contributed by atoms with E-state index in [2.05, 4.69) is 10.3 Å². The number of hydrogen-bond acceptors (Lipinski definition) is 7. The molecule has 8 nitrogen and oxygen atoms in total. The minimum Gasteiger partial charge on any atom is -0.486 e. The molecular formula is C20H18N2O6. The molecule has 4 rings (SSSR count). The first-order valence-corrected chi connectivity index (χ1v) is 8.89. The monoisotopic (exact) mass is 382 g/mol. The van der Waals surface area contributed by atoms with Crippen LogP contribution in [-0.2, 0) is 9.53 Å². The molecule has 0 spiro atoms. The summed E-state index contributed by atoms with van der Waals surface area (Å²) < 4.78 is 21.6. The maximum absolute atomic E-state index is 12.6. The van der Waals surface area contributed by atoms with Crippen molar-refractivity contribution in [3.8, 4) is 11.5 Å². The van der Waals surface area contributed by atoms with Gasteiger partial charge in [-0.25, -0.2) is 9.78 Å². The Kier molecular flexibility index (Phi) is 4.84. The molecule has 2 aromatic carbocycles. The second-order valence-corrected chi connectivity index (χ2v) is 6.15. The molecular weight excluding hydrogens is 364 g/mol. The van der Waals surface area contributed by atoms with Crippen LogP contribution in [0.5, 0.6) is 11.5 Å². The minimum atomic E-state index is -0.956. The number of carbonyl (C=O) groups excluding carboxylic acids is 2. The Labute approximate surface area is 160 Å². The van der Waals surface area contributed by atoms with Crippen LogP contribution in [0, 0.1) is 0 Å². The fourth-order valence-electron chi connectivity index (χ4n) is 2.91. The summed E-state index contributed by atoms with van der Waals surface area (Å²) >= 11 is 0. The number of nitrogens with zero attached hydrogens (tertiary/aromatic N) is 1. The summed E-state index contributed by atoms with van der Waals surface area (Å²) in [5, 5.41) is 2.75. The Bertz CT molecular complexity index is 1030. The van der Waals surface area contributed by atoms with E-state index >= 15 is 0 Å². The van der Waals surface area contributed by atoms with Gasteiger partial charge in [0, 0.05) is 11.8 Å². The van der Waals surface area contributed by atoms with Crippen molar-refractivity contribution in [2.45, 2.75) is 19.4 Å². The second-order valence-electron chi connectivity index (χ2n) is 6.15. The molecule has 0 saturated carbocycles. The van der Waals surface area contributed by atoms with Crippen molar-refractivity contribution in [1.82, 2.24) is 4.98 Å². The molecule has 0 aliphatic carbocycles. The van der Waals surface area contributed by atoms with Crippen LogP contribution in [0.4, 0.5) is 5.69 Å². The van der Waals surface area contributed by atoms with Gasteiger partial charge in [0.25, 0.3) is 5.91 Å². The normalized spacial score (nSPS) is 13.8. The van der Waals surface area contributed by atoms with Crippen LogP contribution in [0.1, 0.15) is 23.7 Å². The number of oxazole rings is 1. The number of esters is 1. The maximum atomic E-state index is 12.6. The summed E-state index contributed by atoms with van der Waals surface area (Å²) in [6, 6.07) is 10.1. The predicted octanol–water partition coefficient (Wildman–Crippen LogP) is 3.17. The number of para-hydroxylation sites is 1. The third kappa shape index (κ3) is 3.48. The zero-order chi connectivity index (χ0) is 19.5. The predicted molar refractivity (Wildman–Crippen MR) is 99.6 cm³/mol. The summed E-state index contributed by atoms with van der Waals surface area (Å²) in [6.45, 7) is 2.70. The molecule has 0 radical (unpaired) electrons. The average Bonchev–Trinajstić information content (AvgIpc) is 3.20. The fraction of sp³-hybridized carbons (Fsp3) is 0.250. The number of ether oxygens (including phenoxy) is 3. The van der Waals surface area contributed by atoms with Gasteiger partial charge >= 0.3 is 5.97 Å². The lowest BCUT2D eigenvalue weighted by atomic mass is 10.2. The standard InChI is InChI=1S/C20H18N2O6/c1-2-14(28-20(24)13-4-3-5-16-18(13)21-11-27-16)19(23)22-12-6-7-15-17(10-12)26-9-8-25-15/h3-7,10-11,14H,2,8-9H2,1H3,(H,22,23). The van der Waals surface area contributed by atoms with Gasteiger partial charge in [0.05, 0.1) is 5.56 Å². The van der Waals surface area contributed by atoms with Crippen LogP contribution < -0.4 is 14.8 Å². The first-order valence-electron chi connectivity index (χ1n) is 8.89. The van der Waals surface area contributed by atoms with E-state index in [-0.39, 0.29) is 5.56 Å². The molecule has 1 N–H and O–H groups in total. The summed E-state index contributed by atoms with van der Waals surface area (Å²) in [5.74, 6) is 0.124. The van der Waals surface area contributed by atoms with E-state index in [9.17, 15) is 9.59 Å². The highest BCUT2D eigenvalue weighted by Crippen LogP contribution is 2.32. The molecule has 0 bridgehead atoms. The van der Waals surface area contributed by atoms with Crippen LogP contribution >= 0.6 is 0 Å². The van der Waals surface area contributed by atoms with E-state index in [0.717, 1.165) is 0 Å². The first kappa shape index (κ1) is 17.8. The molecule has 1 aliphatic heterocycles. The van der Waals surface area contributed by atoms with Gasteiger partial charge in [-0.1, -0.05) is 13.0 Å². The molecule has 8 heteroatoms. The van der Waals surface area contributed by atoms with Crippen molar-refractivity contribution in [2.75, 3.05) is 18.5 Å². The number of nitrogens with one attached hydrogen (secondary N) is 1. The van der Waals surface area contributed by atoms with Crippen LogP contribution in [-0.4, -0.2) is 36.2 Å². The third-order valence-corrected chi connectivity index (χ3v) is 4.30. The molecule has 3 aromatic rings. The van der Waals surface area contributed by atoms with Gasteiger partial charge in [0.15, 0.2) is 29.6 Å². The molecule has 1 amide bonds. The Hall–Kier alpha value is -3.55. The van der Waals surface area contributed by atoms with Gasteiger partial charge in [-0.2, -0.15) is 0 Å². The number of carbonyl (C=O) groups is 2. The van der Waals surface area contributed by atoms with Crippen LogP contribution in [0.25, 0.3) is 11.1 Å². The number of benzene rings is 2. The van der Waals surface area contributed by atoms with Gasteiger partial charge < -0.3 is 23.9 Å². The number of amides is 1. The van der Waals surface area contributed by atoms with Gasteiger partial charge in [-0.15, -0.1) is 0 Å². The number of rotatable bonds is 5. The van der Waals surface area contributed by atoms with Gasteiger partial charge in [0.1, 0.15) is 18.7 Å². The average molecular weight is 382 g/mol. The third-order valence-electron chi connectivity index (χ3n) is 4.30. The summed E-state index contributed by atoms with van der Waals surface area (Å²) in [5.41, 5.74) is 1.65. The van der Waals surface area contributed by atoms with E-state index in [4.69, 9.17) is 18.6 Å². The zero-order valence-electron chi connectivity index (χ0n) is 15.1. The lowest BCUT2D eigenvalue weighted by Gasteiger charge is -2.20. The van der Waals surface area contributed by atoms with E-state index in [1.54, 1.807) is 43.3 Å². The van der Waals surface area contributed by atoms with Crippen molar-refractivity contribution >= 4 is 28.7 Å². The SMILES string of the molecule is CCC(OC(=O)c1cccc2ocnc12)C(=O)Nc1ccc2c(c1)OCCO2. The number of aromatic nitrogens is 1. The van der Waals surface area contributed by atoms with Crippen LogP contribution in [0.15, 0.2) is 47.2 Å². The summed E-state index contributed by atoms with van der Waals surface area (Å²) in [7, 11) is 0. The van der Waals surface area contributed by atoms with Crippen LogP contribution in [0.2, 0.25) is 0 Å². The molecule has 1 atom stereocenters. The van der Waals surface area contributed by atoms with Crippen LogP contribution in [0.3, 0.4) is 0 Å². The van der Waals surface area contributed by atoms with Crippen molar-refractivity contribution < 1.29 is 28.2 Å². The Morgan fingerprint density at radius 3 is 2.82 bits per heavy atom. The molecule has 0 fully saturated rings. The molecule has 1 aliphatic rings. The molecule has 144 valence electrons. The van der Waals surface area contributed by atoms with E-state index in [0.29, 0.717) is 47.9 Å². The molecule has 0 saturated heterocycles. The number of anilines is 1. The first-order chi connectivity index (χ1) is 13.7. The van der Waals surface area contributed by atoms with E-state index < -0.39 is 18.0 Å². The number of hydrogen-bond donors (Lipinski definition) is 1. The lowest BCUT2D eigenvalue weighted by molar-refractivity contribution is -0.124. The van der Waals surface area contributed by atoms with E-state index in [1.807, 2.05) is 0 Å². The highest BCUT2D eigenvalue weighted by Gasteiger charge is 2.24.